The number of hydrogen-bond donors (Lipinski definition) is 2. The summed E-state index contributed by atoms with van der Waals surface area (Å²) in [4.78, 5) is 12.3. The minimum atomic E-state index is -0.934. The predicted octanol–water partition coefficient (Wildman–Crippen LogP) is 2.62. The van der Waals surface area contributed by atoms with Crippen LogP contribution in [0, 0.1) is 17.0 Å². The van der Waals surface area contributed by atoms with Crippen molar-refractivity contribution in [2.24, 2.45) is 5.41 Å². The fourth-order valence-electron chi connectivity index (χ4n) is 3.00. The molecule has 0 aliphatic carbocycles. The van der Waals surface area contributed by atoms with Crippen LogP contribution in [0.1, 0.15) is 31.2 Å². The van der Waals surface area contributed by atoms with Crippen LogP contribution in [-0.2, 0) is 9.53 Å². The number of methoxy groups -OCH3 is 1. The first-order valence-corrected chi connectivity index (χ1v) is 7.90. The second-order valence-corrected chi connectivity index (χ2v) is 6.30. The number of nitrogens with one attached hydrogen (secondary N) is 2. The number of benzene rings is 1. The van der Waals surface area contributed by atoms with Crippen LogP contribution in [0.25, 0.3) is 0 Å². The lowest BCUT2D eigenvalue weighted by atomic mass is 9.79. The Morgan fingerprint density at radius 1 is 1.33 bits per heavy atom. The Morgan fingerprint density at radius 2 is 2.00 bits per heavy atom. The largest absolute Gasteiger partial charge is 0.384 e. The molecule has 2 N–H and O–H groups in total. The van der Waals surface area contributed by atoms with Crippen LogP contribution in [0.4, 0.5) is 8.78 Å². The average molecular weight is 363 g/mol. The van der Waals surface area contributed by atoms with E-state index in [2.05, 4.69) is 10.6 Å². The molecule has 1 saturated heterocycles. The Balaban J connectivity index is 0.00000288. The number of ether oxygens (including phenoxy) is 1. The molecular weight excluding hydrogens is 338 g/mol. The van der Waals surface area contributed by atoms with E-state index in [4.69, 9.17) is 4.74 Å². The molecule has 0 spiro atoms. The van der Waals surface area contributed by atoms with Gasteiger partial charge in [-0.1, -0.05) is 6.07 Å². The molecule has 4 nitrogen and oxygen atoms in total. The van der Waals surface area contributed by atoms with Crippen molar-refractivity contribution in [3.8, 4) is 0 Å². The standard InChI is InChI=1S/C17H24F2N2O2.ClH/c1-12(13-3-4-14(18)15(19)9-13)16(22)21-10-17(11-23-2)5-7-20-8-6-17;/h3-4,9,12,20H,5-8,10-11H2,1-2H3,(H,21,22);1H. The highest BCUT2D eigenvalue weighted by molar-refractivity contribution is 5.85. The quantitative estimate of drug-likeness (QED) is 0.818. The van der Waals surface area contributed by atoms with Crippen molar-refractivity contribution in [1.29, 1.82) is 0 Å². The zero-order valence-electron chi connectivity index (χ0n) is 14.0. The van der Waals surface area contributed by atoms with E-state index in [1.54, 1.807) is 14.0 Å². The summed E-state index contributed by atoms with van der Waals surface area (Å²) in [5, 5.41) is 6.25. The number of halogens is 3. The normalized spacial score (nSPS) is 17.7. The molecule has 1 aliphatic rings. The molecule has 1 aliphatic heterocycles. The summed E-state index contributed by atoms with van der Waals surface area (Å²) in [6.07, 6.45) is 1.86. The maximum atomic E-state index is 13.3. The predicted molar refractivity (Wildman–Crippen MR) is 91.4 cm³/mol. The van der Waals surface area contributed by atoms with Gasteiger partial charge in [0.1, 0.15) is 0 Å². The molecule has 1 aromatic rings. The molecule has 1 aromatic carbocycles. The Kier molecular flexibility index (Phi) is 8.06. The van der Waals surface area contributed by atoms with Gasteiger partial charge >= 0.3 is 0 Å². The van der Waals surface area contributed by atoms with Crippen LogP contribution in [0.5, 0.6) is 0 Å². The number of carbonyl (C=O) groups is 1. The Hall–Kier alpha value is -1.24. The highest BCUT2D eigenvalue weighted by Gasteiger charge is 2.33. The van der Waals surface area contributed by atoms with E-state index in [1.807, 2.05) is 0 Å². The van der Waals surface area contributed by atoms with Gasteiger partial charge in [-0.3, -0.25) is 4.79 Å². The van der Waals surface area contributed by atoms with Gasteiger partial charge in [0.2, 0.25) is 5.91 Å². The van der Waals surface area contributed by atoms with Crippen LogP contribution in [0.2, 0.25) is 0 Å². The molecule has 136 valence electrons. The van der Waals surface area contributed by atoms with Gasteiger partial charge in [-0.2, -0.15) is 0 Å². The molecule has 0 radical (unpaired) electrons. The van der Waals surface area contributed by atoms with Gasteiger partial charge < -0.3 is 15.4 Å². The lowest BCUT2D eigenvalue weighted by Gasteiger charge is -2.37. The molecule has 2 rings (SSSR count). The molecule has 1 atom stereocenters. The summed E-state index contributed by atoms with van der Waals surface area (Å²) in [5.41, 5.74) is 0.399. The minimum absolute atomic E-state index is 0. The van der Waals surface area contributed by atoms with E-state index in [9.17, 15) is 13.6 Å². The number of carbonyl (C=O) groups excluding carboxylic acids is 1. The highest BCUT2D eigenvalue weighted by Crippen LogP contribution is 2.28. The second kappa shape index (κ2) is 9.30. The molecular formula is C17H25ClF2N2O2. The van der Waals surface area contributed by atoms with E-state index in [1.165, 1.54) is 6.07 Å². The van der Waals surface area contributed by atoms with Gasteiger partial charge in [-0.25, -0.2) is 8.78 Å². The van der Waals surface area contributed by atoms with Crippen molar-refractivity contribution in [2.75, 3.05) is 33.4 Å². The van der Waals surface area contributed by atoms with E-state index in [0.29, 0.717) is 18.7 Å². The number of rotatable bonds is 6. The maximum absolute atomic E-state index is 13.3. The fourth-order valence-corrected chi connectivity index (χ4v) is 3.00. The molecule has 1 fully saturated rings. The third-order valence-corrected chi connectivity index (χ3v) is 4.59. The van der Waals surface area contributed by atoms with Gasteiger partial charge in [0.15, 0.2) is 11.6 Å². The van der Waals surface area contributed by atoms with Crippen molar-refractivity contribution in [3.05, 3.63) is 35.4 Å². The first-order valence-electron chi connectivity index (χ1n) is 7.90. The summed E-state index contributed by atoms with van der Waals surface area (Å²) in [6, 6.07) is 3.57. The summed E-state index contributed by atoms with van der Waals surface area (Å²) in [7, 11) is 1.66. The average Bonchev–Trinajstić information content (AvgIpc) is 2.56. The molecule has 7 heteroatoms. The lowest BCUT2D eigenvalue weighted by Crippen LogP contribution is -2.47. The summed E-state index contributed by atoms with van der Waals surface area (Å²) in [6.45, 7) is 4.60. The third kappa shape index (κ3) is 5.13. The third-order valence-electron chi connectivity index (χ3n) is 4.59. The van der Waals surface area contributed by atoms with Gasteiger partial charge in [0, 0.05) is 19.1 Å². The summed E-state index contributed by atoms with van der Waals surface area (Å²) >= 11 is 0. The van der Waals surface area contributed by atoms with Gasteiger partial charge in [-0.05, 0) is 50.6 Å². The summed E-state index contributed by atoms with van der Waals surface area (Å²) < 4.78 is 31.6. The molecule has 24 heavy (non-hydrogen) atoms. The lowest BCUT2D eigenvalue weighted by molar-refractivity contribution is -0.123. The van der Waals surface area contributed by atoms with Gasteiger partial charge in [-0.15, -0.1) is 12.4 Å². The van der Waals surface area contributed by atoms with E-state index >= 15 is 0 Å². The Labute approximate surface area is 147 Å². The Bertz CT molecular complexity index is 546. The van der Waals surface area contributed by atoms with Crippen LogP contribution in [-0.4, -0.2) is 39.3 Å². The van der Waals surface area contributed by atoms with Crippen LogP contribution in [0.15, 0.2) is 18.2 Å². The summed E-state index contributed by atoms with van der Waals surface area (Å²) in [5.74, 6) is -2.57. The smallest absolute Gasteiger partial charge is 0.227 e. The van der Waals surface area contributed by atoms with Gasteiger partial charge in [0.05, 0.1) is 12.5 Å². The van der Waals surface area contributed by atoms with Crippen molar-refractivity contribution in [2.45, 2.75) is 25.7 Å². The number of amides is 1. The highest BCUT2D eigenvalue weighted by atomic mass is 35.5. The molecule has 0 bridgehead atoms. The Morgan fingerprint density at radius 3 is 2.58 bits per heavy atom. The first kappa shape index (κ1) is 20.8. The van der Waals surface area contributed by atoms with Crippen molar-refractivity contribution in [3.63, 3.8) is 0 Å². The van der Waals surface area contributed by atoms with Crippen molar-refractivity contribution < 1.29 is 18.3 Å². The first-order chi connectivity index (χ1) is 11.0. The molecule has 0 saturated carbocycles. The molecule has 1 amide bonds. The second-order valence-electron chi connectivity index (χ2n) is 6.30. The monoisotopic (exact) mass is 362 g/mol. The van der Waals surface area contributed by atoms with E-state index in [-0.39, 0.29) is 23.7 Å². The van der Waals surface area contributed by atoms with Crippen LogP contribution in [0.3, 0.4) is 0 Å². The van der Waals surface area contributed by atoms with Gasteiger partial charge in [0.25, 0.3) is 0 Å². The zero-order chi connectivity index (χ0) is 16.9. The molecule has 0 aromatic heterocycles. The van der Waals surface area contributed by atoms with Crippen molar-refractivity contribution >= 4 is 18.3 Å². The van der Waals surface area contributed by atoms with Crippen LogP contribution >= 0.6 is 12.4 Å². The molecule has 1 heterocycles. The molecule has 1 unspecified atom stereocenters. The fraction of sp³-hybridized carbons (Fsp3) is 0.588. The SMILES string of the molecule is COCC1(CNC(=O)C(C)c2ccc(F)c(F)c2)CCNCC1.Cl. The van der Waals surface area contributed by atoms with Crippen LogP contribution < -0.4 is 10.6 Å². The minimum Gasteiger partial charge on any atom is -0.384 e. The maximum Gasteiger partial charge on any atom is 0.227 e. The number of hydrogen-bond acceptors (Lipinski definition) is 3. The topological polar surface area (TPSA) is 50.4 Å². The number of piperidine rings is 1. The zero-order valence-corrected chi connectivity index (χ0v) is 14.8. The van der Waals surface area contributed by atoms with E-state index in [0.717, 1.165) is 38.1 Å². The van der Waals surface area contributed by atoms with Crippen molar-refractivity contribution in [1.82, 2.24) is 10.6 Å². The van der Waals surface area contributed by atoms with E-state index < -0.39 is 17.6 Å².